The van der Waals surface area contributed by atoms with Crippen LogP contribution in [0.3, 0.4) is 0 Å². The summed E-state index contributed by atoms with van der Waals surface area (Å²) in [7, 11) is -3.40. The molecule has 1 rings (SSSR count). The number of ether oxygens (including phenoxy) is 2. The molecular weight excluding hydrogens is 292 g/mol. The first-order valence-corrected chi connectivity index (χ1v) is 6.37. The minimum absolute atomic E-state index is 0.0991. The van der Waals surface area contributed by atoms with Crippen LogP contribution < -0.4 is 4.74 Å². The van der Waals surface area contributed by atoms with Gasteiger partial charge in [-0.1, -0.05) is 0 Å². The molecule has 0 fully saturated rings. The topological polar surface area (TPSA) is 141 Å². The zero-order chi connectivity index (χ0) is 15.8. The molecule has 0 aliphatic carbocycles. The molecule has 1 N–H and O–H groups in total. The molecule has 0 spiro atoms. The number of hydrogen-bond donors (Lipinski definition) is 1. The first-order valence-electron chi connectivity index (χ1n) is 5.01. The fraction of sp³-hybridized carbons (Fsp3) is 0.300. The van der Waals surface area contributed by atoms with E-state index in [4.69, 9.17) is 32.4 Å². The average Bonchev–Trinajstić information content (AvgIpc) is 2.33. The lowest BCUT2D eigenvalue weighted by atomic mass is 10.2. The van der Waals surface area contributed by atoms with Crippen LogP contribution in [0.25, 0.3) is 4.98 Å². The first kappa shape index (κ1) is 17.8. The summed E-state index contributed by atoms with van der Waals surface area (Å²) in [6, 6.07) is 4.83. The van der Waals surface area contributed by atoms with E-state index in [0.717, 1.165) is 0 Å². The highest BCUT2D eigenvalue weighted by molar-refractivity contribution is 7.79. The number of nitrogens with zero attached hydrogens (tertiary/aromatic N) is 2. The molecule has 0 radical (unpaired) electrons. The van der Waals surface area contributed by atoms with Gasteiger partial charge in [0.15, 0.2) is 4.98 Å². The smallest absolute Gasteiger partial charge is 0.385 e. The maximum Gasteiger partial charge on any atom is 0.385 e. The van der Waals surface area contributed by atoms with Crippen molar-refractivity contribution in [3.8, 4) is 5.75 Å². The van der Waals surface area contributed by atoms with Crippen molar-refractivity contribution >= 4 is 22.1 Å². The summed E-state index contributed by atoms with van der Waals surface area (Å²) in [4.78, 5) is 13.7. The third-order valence-corrected chi connectivity index (χ3v) is 1.81. The second-order valence-corrected chi connectivity index (χ2v) is 4.16. The van der Waals surface area contributed by atoms with E-state index < -0.39 is 10.4 Å². The Hall–Kier alpha value is -2.22. The van der Waals surface area contributed by atoms with E-state index >= 15 is 0 Å². The molecule has 1 aromatic rings. The van der Waals surface area contributed by atoms with E-state index in [0.29, 0.717) is 17.0 Å². The van der Waals surface area contributed by atoms with Crippen LogP contribution in [0.2, 0.25) is 0 Å². The Balaban J connectivity index is 0.000000621. The van der Waals surface area contributed by atoms with Gasteiger partial charge in [-0.25, -0.2) is 8.42 Å². The van der Waals surface area contributed by atoms with E-state index in [9.17, 15) is 4.79 Å². The van der Waals surface area contributed by atoms with E-state index in [1.54, 1.807) is 18.2 Å². The molecule has 0 aromatic heterocycles. The number of diazo groups is 1. The van der Waals surface area contributed by atoms with Gasteiger partial charge < -0.3 is 14.0 Å². The van der Waals surface area contributed by atoms with Crippen LogP contribution in [0.15, 0.2) is 18.2 Å². The second-order valence-electron chi connectivity index (χ2n) is 3.30. The highest BCUT2D eigenvalue weighted by Crippen LogP contribution is 2.24. The number of carbonyl (C=O) groups excluding carboxylic acids is 1. The fourth-order valence-electron chi connectivity index (χ4n) is 1.12. The molecule has 20 heavy (non-hydrogen) atoms. The zero-order valence-electron chi connectivity index (χ0n) is 10.6. The van der Waals surface area contributed by atoms with Gasteiger partial charge in [0.05, 0.1) is 7.11 Å². The van der Waals surface area contributed by atoms with Gasteiger partial charge in [0.25, 0.3) is 0 Å². The van der Waals surface area contributed by atoms with Crippen molar-refractivity contribution in [3.05, 3.63) is 28.7 Å². The van der Waals surface area contributed by atoms with Gasteiger partial charge in [-0.3, -0.25) is 9.35 Å². The predicted molar refractivity (Wildman–Crippen MR) is 65.5 cm³/mol. The largest absolute Gasteiger partial charge is 0.726 e. The van der Waals surface area contributed by atoms with Gasteiger partial charge in [0.1, 0.15) is 12.4 Å². The Bertz CT molecular complexity index is 599. The number of rotatable bonds is 3. The minimum Gasteiger partial charge on any atom is -0.726 e. The van der Waals surface area contributed by atoms with E-state index in [1.807, 2.05) is 0 Å². The molecule has 0 unspecified atom stereocenters. The summed E-state index contributed by atoms with van der Waals surface area (Å²) in [6.07, 6.45) is 0. The molecule has 1 aromatic carbocycles. The molecule has 0 saturated carbocycles. The summed E-state index contributed by atoms with van der Waals surface area (Å²) in [5.41, 5.74) is 1.04. The normalized spacial score (nSPS) is 9.75. The van der Waals surface area contributed by atoms with Crippen LogP contribution >= 0.6 is 0 Å². The Morgan fingerprint density at radius 2 is 2.05 bits per heavy atom. The zero-order valence-corrected chi connectivity index (χ0v) is 11.5. The standard InChI is InChI=1S/C10H11N2O3.H2O4S/c1-7(13)15-6-8-5-9(12-11)3-4-10(8)14-2;1-5(2,3)4/h3-5H,6H2,1-2H3;(H2,1,2,3,4)/q+1;/p-1. The van der Waals surface area contributed by atoms with Crippen LogP contribution in [-0.4, -0.2) is 30.6 Å². The van der Waals surface area contributed by atoms with Crippen LogP contribution in [0, 0.1) is 5.39 Å². The minimum atomic E-state index is -4.92. The van der Waals surface area contributed by atoms with E-state index in [1.165, 1.54) is 14.0 Å². The quantitative estimate of drug-likeness (QED) is 0.380. The predicted octanol–water partition coefficient (Wildman–Crippen LogP) is 1.25. The van der Waals surface area contributed by atoms with Crippen molar-refractivity contribution in [2.45, 2.75) is 13.5 Å². The Labute approximate surface area is 115 Å². The molecule has 9 nitrogen and oxygen atoms in total. The third kappa shape index (κ3) is 8.81. The summed E-state index contributed by atoms with van der Waals surface area (Å²) in [5.74, 6) is 0.215. The Morgan fingerprint density at radius 1 is 1.50 bits per heavy atom. The first-order chi connectivity index (χ1) is 9.17. The molecule has 0 amide bonds. The molecule has 0 bridgehead atoms. The maximum atomic E-state index is 10.6. The van der Waals surface area contributed by atoms with E-state index in [-0.39, 0.29) is 12.6 Å². The fourth-order valence-corrected chi connectivity index (χ4v) is 1.12. The number of benzene rings is 1. The molecule has 10 heteroatoms. The number of esters is 1. The summed E-state index contributed by atoms with van der Waals surface area (Å²) in [6.45, 7) is 1.43. The second kappa shape index (κ2) is 8.05. The Kier molecular flexibility index (Phi) is 7.16. The van der Waals surface area contributed by atoms with Gasteiger partial charge in [-0.15, -0.1) is 0 Å². The van der Waals surface area contributed by atoms with E-state index in [2.05, 4.69) is 4.98 Å². The molecule has 0 atom stereocenters. The number of hydrogen-bond acceptors (Lipinski definition) is 7. The third-order valence-electron chi connectivity index (χ3n) is 1.81. The van der Waals surface area contributed by atoms with Crippen LogP contribution in [0.1, 0.15) is 12.5 Å². The van der Waals surface area contributed by atoms with Crippen molar-refractivity contribution in [3.63, 3.8) is 0 Å². The van der Waals surface area contributed by atoms with Gasteiger partial charge >= 0.3 is 11.7 Å². The number of methoxy groups -OCH3 is 1. The van der Waals surface area contributed by atoms with Gasteiger partial charge in [0.2, 0.25) is 15.8 Å². The molecule has 0 aliphatic heterocycles. The maximum absolute atomic E-state index is 10.6. The summed E-state index contributed by atoms with van der Waals surface area (Å²) < 4.78 is 42.7. The lowest BCUT2D eigenvalue weighted by molar-refractivity contribution is -0.142. The van der Waals surface area contributed by atoms with Gasteiger partial charge in [-0.05, 0) is 6.07 Å². The lowest BCUT2D eigenvalue weighted by Gasteiger charge is -2.06. The van der Waals surface area contributed by atoms with Crippen molar-refractivity contribution in [1.29, 1.82) is 5.39 Å². The monoisotopic (exact) mass is 304 g/mol. The van der Waals surface area contributed by atoms with Crippen molar-refractivity contribution in [2.24, 2.45) is 0 Å². The van der Waals surface area contributed by atoms with Gasteiger partial charge in [0, 0.05) is 24.6 Å². The highest BCUT2D eigenvalue weighted by Gasteiger charge is 2.11. The molecule has 110 valence electrons. The SMILES string of the molecule is COc1ccc([N+]#N)cc1COC(C)=O.O=S(=O)([O-])O. The van der Waals surface area contributed by atoms with Crippen molar-refractivity contribution in [2.75, 3.05) is 7.11 Å². The lowest BCUT2D eigenvalue weighted by Crippen LogP contribution is -2.00. The molecule has 0 aliphatic rings. The van der Waals surface area contributed by atoms with Crippen LogP contribution in [-0.2, 0) is 26.5 Å². The van der Waals surface area contributed by atoms with Crippen molar-refractivity contribution < 1.29 is 31.8 Å². The Morgan fingerprint density at radius 3 is 2.45 bits per heavy atom. The summed E-state index contributed by atoms with van der Waals surface area (Å²) >= 11 is 0. The summed E-state index contributed by atoms with van der Waals surface area (Å²) in [5, 5.41) is 8.58. The number of carbonyl (C=O) groups is 1. The molecule has 0 heterocycles. The highest BCUT2D eigenvalue weighted by atomic mass is 32.3. The molecular formula is C10H12N2O7S. The van der Waals surface area contributed by atoms with Gasteiger partial charge in [-0.2, -0.15) is 0 Å². The van der Waals surface area contributed by atoms with Crippen LogP contribution in [0.4, 0.5) is 5.69 Å². The average molecular weight is 304 g/mol. The van der Waals surface area contributed by atoms with Crippen LogP contribution in [0.5, 0.6) is 5.75 Å². The van der Waals surface area contributed by atoms with Crippen molar-refractivity contribution in [1.82, 2.24) is 0 Å². The molecule has 0 saturated heterocycles.